The van der Waals surface area contributed by atoms with Crippen LogP contribution in [-0.4, -0.2) is 14.2 Å². The Balaban J connectivity index is 2.17. The average Bonchev–Trinajstić information content (AvgIpc) is 2.45. The SMILES string of the molecule is COc1ccc(CNc2c(C)cc(C)cc2Br)cc1OC. The van der Waals surface area contributed by atoms with Gasteiger partial charge < -0.3 is 14.8 Å². The van der Waals surface area contributed by atoms with Gasteiger partial charge in [0.15, 0.2) is 11.5 Å². The van der Waals surface area contributed by atoms with Crippen LogP contribution in [0.25, 0.3) is 0 Å². The molecule has 0 fully saturated rings. The maximum absolute atomic E-state index is 5.33. The van der Waals surface area contributed by atoms with Gasteiger partial charge in [0.2, 0.25) is 0 Å². The zero-order valence-corrected chi connectivity index (χ0v) is 14.4. The first-order valence-electron chi connectivity index (χ1n) is 6.76. The van der Waals surface area contributed by atoms with E-state index in [2.05, 4.69) is 47.2 Å². The molecule has 0 amide bonds. The minimum atomic E-state index is 0.725. The quantitative estimate of drug-likeness (QED) is 0.848. The summed E-state index contributed by atoms with van der Waals surface area (Å²) in [6.45, 7) is 4.92. The van der Waals surface area contributed by atoms with E-state index in [-0.39, 0.29) is 0 Å². The van der Waals surface area contributed by atoms with Gasteiger partial charge in [-0.2, -0.15) is 0 Å². The van der Waals surface area contributed by atoms with Crippen molar-refractivity contribution in [1.82, 2.24) is 0 Å². The van der Waals surface area contributed by atoms with Gasteiger partial charge >= 0.3 is 0 Å². The van der Waals surface area contributed by atoms with Crippen molar-refractivity contribution in [3.8, 4) is 11.5 Å². The van der Waals surface area contributed by atoms with Crippen LogP contribution in [0.4, 0.5) is 5.69 Å². The van der Waals surface area contributed by atoms with E-state index < -0.39 is 0 Å². The lowest BCUT2D eigenvalue weighted by molar-refractivity contribution is 0.354. The normalized spacial score (nSPS) is 10.3. The van der Waals surface area contributed by atoms with E-state index in [0.29, 0.717) is 0 Å². The van der Waals surface area contributed by atoms with Gasteiger partial charge in [0, 0.05) is 11.0 Å². The van der Waals surface area contributed by atoms with Crippen molar-refractivity contribution in [2.75, 3.05) is 19.5 Å². The number of ether oxygens (including phenoxy) is 2. The molecule has 0 aromatic heterocycles. The zero-order valence-electron chi connectivity index (χ0n) is 12.8. The first kappa shape index (κ1) is 15.7. The maximum Gasteiger partial charge on any atom is 0.161 e. The molecule has 0 saturated carbocycles. The molecule has 0 saturated heterocycles. The highest BCUT2D eigenvalue weighted by atomic mass is 79.9. The van der Waals surface area contributed by atoms with Crippen LogP contribution in [0.1, 0.15) is 16.7 Å². The van der Waals surface area contributed by atoms with Gasteiger partial charge in [-0.3, -0.25) is 0 Å². The Morgan fingerprint density at radius 3 is 2.33 bits per heavy atom. The third-order valence-corrected chi connectivity index (χ3v) is 3.97. The van der Waals surface area contributed by atoms with Gasteiger partial charge in [-0.05, 0) is 64.7 Å². The van der Waals surface area contributed by atoms with E-state index >= 15 is 0 Å². The summed E-state index contributed by atoms with van der Waals surface area (Å²) in [5.74, 6) is 1.49. The van der Waals surface area contributed by atoms with Crippen LogP contribution in [0.15, 0.2) is 34.8 Å². The van der Waals surface area contributed by atoms with E-state index in [1.54, 1.807) is 14.2 Å². The van der Waals surface area contributed by atoms with Crippen LogP contribution in [0.5, 0.6) is 11.5 Å². The highest BCUT2D eigenvalue weighted by Crippen LogP contribution is 2.30. The average molecular weight is 350 g/mol. The lowest BCUT2D eigenvalue weighted by Crippen LogP contribution is -2.03. The Labute approximate surface area is 134 Å². The Kier molecular flexibility index (Phi) is 5.12. The van der Waals surface area contributed by atoms with E-state index in [0.717, 1.165) is 33.8 Å². The predicted octanol–water partition coefficient (Wildman–Crippen LogP) is 4.70. The van der Waals surface area contributed by atoms with Crippen molar-refractivity contribution in [2.24, 2.45) is 0 Å². The van der Waals surface area contributed by atoms with Crippen molar-refractivity contribution in [3.63, 3.8) is 0 Å². The van der Waals surface area contributed by atoms with Gasteiger partial charge in [0.25, 0.3) is 0 Å². The largest absolute Gasteiger partial charge is 0.493 e. The minimum Gasteiger partial charge on any atom is -0.493 e. The number of benzene rings is 2. The molecule has 112 valence electrons. The Bertz CT molecular complexity index is 618. The van der Waals surface area contributed by atoms with Crippen molar-refractivity contribution in [2.45, 2.75) is 20.4 Å². The Hall–Kier alpha value is -1.68. The molecule has 0 bridgehead atoms. The molecule has 2 aromatic rings. The molecule has 0 aliphatic rings. The van der Waals surface area contributed by atoms with E-state index in [4.69, 9.17) is 9.47 Å². The molecular formula is C17H20BrNO2. The summed E-state index contributed by atoms with van der Waals surface area (Å²) >= 11 is 3.62. The van der Waals surface area contributed by atoms with Crippen molar-refractivity contribution in [1.29, 1.82) is 0 Å². The summed E-state index contributed by atoms with van der Waals surface area (Å²) in [4.78, 5) is 0. The molecule has 0 radical (unpaired) electrons. The van der Waals surface area contributed by atoms with E-state index in [9.17, 15) is 0 Å². The molecule has 0 aliphatic carbocycles. The van der Waals surface area contributed by atoms with E-state index in [1.807, 2.05) is 18.2 Å². The first-order chi connectivity index (χ1) is 10.0. The summed E-state index contributed by atoms with van der Waals surface area (Å²) in [5, 5.41) is 3.47. The molecule has 2 aromatic carbocycles. The zero-order chi connectivity index (χ0) is 15.4. The number of hydrogen-bond donors (Lipinski definition) is 1. The number of rotatable bonds is 5. The Morgan fingerprint density at radius 2 is 1.71 bits per heavy atom. The molecule has 4 heteroatoms. The third-order valence-electron chi connectivity index (χ3n) is 3.35. The number of hydrogen-bond acceptors (Lipinski definition) is 3. The second-order valence-electron chi connectivity index (χ2n) is 4.98. The standard InChI is InChI=1S/C17H20BrNO2/c1-11-7-12(2)17(14(18)8-11)19-10-13-5-6-15(20-3)16(9-13)21-4/h5-9,19H,10H2,1-4H3. The molecule has 0 spiro atoms. The fourth-order valence-corrected chi connectivity index (χ4v) is 3.13. The van der Waals surface area contributed by atoms with Crippen molar-refractivity contribution < 1.29 is 9.47 Å². The van der Waals surface area contributed by atoms with Crippen LogP contribution >= 0.6 is 15.9 Å². The summed E-state index contributed by atoms with van der Waals surface area (Å²) in [5.41, 5.74) is 4.73. The van der Waals surface area contributed by atoms with Gasteiger partial charge in [0.05, 0.1) is 19.9 Å². The molecule has 0 aliphatic heterocycles. The number of methoxy groups -OCH3 is 2. The lowest BCUT2D eigenvalue weighted by atomic mass is 10.1. The fourth-order valence-electron chi connectivity index (χ4n) is 2.32. The smallest absolute Gasteiger partial charge is 0.161 e. The third kappa shape index (κ3) is 3.70. The molecule has 3 nitrogen and oxygen atoms in total. The van der Waals surface area contributed by atoms with Crippen LogP contribution in [-0.2, 0) is 6.54 Å². The fraction of sp³-hybridized carbons (Fsp3) is 0.294. The highest BCUT2D eigenvalue weighted by molar-refractivity contribution is 9.10. The van der Waals surface area contributed by atoms with Crippen LogP contribution in [0.2, 0.25) is 0 Å². The highest BCUT2D eigenvalue weighted by Gasteiger charge is 2.07. The van der Waals surface area contributed by atoms with Crippen molar-refractivity contribution in [3.05, 3.63) is 51.5 Å². The van der Waals surface area contributed by atoms with Crippen molar-refractivity contribution >= 4 is 21.6 Å². The minimum absolute atomic E-state index is 0.725. The lowest BCUT2D eigenvalue weighted by Gasteiger charge is -2.14. The second kappa shape index (κ2) is 6.85. The van der Waals surface area contributed by atoms with Gasteiger partial charge in [0.1, 0.15) is 0 Å². The van der Waals surface area contributed by atoms with Gasteiger partial charge in [-0.25, -0.2) is 0 Å². The maximum atomic E-state index is 5.33. The summed E-state index contributed by atoms with van der Waals surface area (Å²) in [7, 11) is 3.29. The monoisotopic (exact) mass is 349 g/mol. The topological polar surface area (TPSA) is 30.5 Å². The van der Waals surface area contributed by atoms with Crippen LogP contribution < -0.4 is 14.8 Å². The summed E-state index contributed by atoms with van der Waals surface area (Å²) in [6, 6.07) is 10.2. The Morgan fingerprint density at radius 1 is 1.00 bits per heavy atom. The molecule has 0 atom stereocenters. The number of halogens is 1. The van der Waals surface area contributed by atoms with Crippen LogP contribution in [0, 0.1) is 13.8 Å². The van der Waals surface area contributed by atoms with Gasteiger partial charge in [-0.1, -0.05) is 12.1 Å². The van der Waals surface area contributed by atoms with E-state index in [1.165, 1.54) is 11.1 Å². The molecular weight excluding hydrogens is 330 g/mol. The van der Waals surface area contributed by atoms with Gasteiger partial charge in [-0.15, -0.1) is 0 Å². The molecule has 1 N–H and O–H groups in total. The molecule has 21 heavy (non-hydrogen) atoms. The molecule has 2 rings (SSSR count). The predicted molar refractivity (Wildman–Crippen MR) is 90.5 cm³/mol. The molecule has 0 heterocycles. The number of anilines is 1. The summed E-state index contributed by atoms with van der Waals surface area (Å²) in [6.07, 6.45) is 0. The number of nitrogens with one attached hydrogen (secondary N) is 1. The number of aryl methyl sites for hydroxylation is 2. The molecule has 0 unspecified atom stereocenters. The summed E-state index contributed by atoms with van der Waals surface area (Å²) < 4.78 is 11.7. The second-order valence-corrected chi connectivity index (χ2v) is 5.84. The first-order valence-corrected chi connectivity index (χ1v) is 7.56. The van der Waals surface area contributed by atoms with Crippen LogP contribution in [0.3, 0.4) is 0 Å².